The first kappa shape index (κ1) is 15.0. The molecule has 0 bridgehead atoms. The van der Waals surface area contributed by atoms with Gasteiger partial charge in [0.25, 0.3) is 0 Å². The number of carboxylic acid groups (broad SMARTS) is 1. The van der Waals surface area contributed by atoms with E-state index in [-0.39, 0.29) is 6.42 Å². The molecule has 0 saturated heterocycles. The van der Waals surface area contributed by atoms with Crippen LogP contribution in [0.15, 0.2) is 30.3 Å². The third-order valence-corrected chi connectivity index (χ3v) is 2.32. The number of carbonyl (C=O) groups excluding carboxylic acids is 1. The summed E-state index contributed by atoms with van der Waals surface area (Å²) < 4.78 is 37.5. The van der Waals surface area contributed by atoms with Crippen molar-refractivity contribution in [1.82, 2.24) is 5.32 Å². The molecule has 0 aromatic heterocycles. The molecule has 19 heavy (non-hydrogen) atoms. The average Bonchev–Trinajstić information content (AvgIpc) is 2.27. The Morgan fingerprint density at radius 2 is 1.79 bits per heavy atom. The van der Waals surface area contributed by atoms with Crippen LogP contribution in [0.1, 0.15) is 12.0 Å². The molecule has 0 radical (unpaired) electrons. The van der Waals surface area contributed by atoms with Crippen LogP contribution in [0.3, 0.4) is 0 Å². The number of halogens is 3. The smallest absolute Gasteiger partial charge is 0.409 e. The number of nitrogens with one attached hydrogen (secondary N) is 1. The van der Waals surface area contributed by atoms with Gasteiger partial charge in [0.1, 0.15) is 6.04 Å². The van der Waals surface area contributed by atoms with E-state index in [1.54, 1.807) is 35.6 Å². The Kier molecular flexibility index (Phi) is 4.91. The van der Waals surface area contributed by atoms with Gasteiger partial charge in [-0.3, -0.25) is 9.59 Å². The first-order valence-corrected chi connectivity index (χ1v) is 5.41. The largest absolute Gasteiger partial charge is 0.481 e. The van der Waals surface area contributed by atoms with E-state index in [9.17, 15) is 22.8 Å². The number of alkyl halides is 3. The third-order valence-electron chi connectivity index (χ3n) is 2.32. The molecular formula is C12H12F3NO3. The molecule has 4 nitrogen and oxygen atoms in total. The summed E-state index contributed by atoms with van der Waals surface area (Å²) in [5.41, 5.74) is 0.552. The average molecular weight is 275 g/mol. The standard InChI is InChI=1S/C12H12F3NO3/c13-12(14,15)9(7-11(18)19)16-10(17)6-8-4-2-1-3-5-8/h1-5,9H,6-7H2,(H,16,17)(H,18,19)/t9-/m0/s1. The number of carbonyl (C=O) groups is 2. The van der Waals surface area contributed by atoms with Crippen molar-refractivity contribution < 1.29 is 27.9 Å². The molecule has 1 aromatic carbocycles. The van der Waals surface area contributed by atoms with Gasteiger partial charge in [0.05, 0.1) is 12.8 Å². The van der Waals surface area contributed by atoms with E-state index in [0.29, 0.717) is 5.56 Å². The minimum absolute atomic E-state index is 0.229. The number of hydrogen-bond donors (Lipinski definition) is 2. The molecule has 0 heterocycles. The van der Waals surface area contributed by atoms with E-state index in [2.05, 4.69) is 0 Å². The fourth-order valence-corrected chi connectivity index (χ4v) is 1.45. The first-order valence-electron chi connectivity index (χ1n) is 5.41. The van der Waals surface area contributed by atoms with Crippen molar-refractivity contribution in [1.29, 1.82) is 0 Å². The number of hydrogen-bond acceptors (Lipinski definition) is 2. The van der Waals surface area contributed by atoms with Crippen LogP contribution >= 0.6 is 0 Å². The Balaban J connectivity index is 2.64. The van der Waals surface area contributed by atoms with Gasteiger partial charge in [-0.2, -0.15) is 13.2 Å². The molecule has 2 N–H and O–H groups in total. The van der Waals surface area contributed by atoms with E-state index in [1.807, 2.05) is 0 Å². The second kappa shape index (κ2) is 6.21. The fourth-order valence-electron chi connectivity index (χ4n) is 1.45. The van der Waals surface area contributed by atoms with E-state index in [4.69, 9.17) is 5.11 Å². The van der Waals surface area contributed by atoms with Crippen LogP contribution in [0.25, 0.3) is 0 Å². The fraction of sp³-hybridized carbons (Fsp3) is 0.333. The Morgan fingerprint density at radius 1 is 1.21 bits per heavy atom. The van der Waals surface area contributed by atoms with Crippen LogP contribution in [0.4, 0.5) is 13.2 Å². The lowest BCUT2D eigenvalue weighted by Gasteiger charge is -2.19. The maximum atomic E-state index is 12.5. The van der Waals surface area contributed by atoms with Crippen LogP contribution in [-0.2, 0) is 16.0 Å². The minimum Gasteiger partial charge on any atom is -0.481 e. The Morgan fingerprint density at radius 3 is 2.26 bits per heavy atom. The summed E-state index contributed by atoms with van der Waals surface area (Å²) in [7, 11) is 0. The molecule has 1 atom stereocenters. The quantitative estimate of drug-likeness (QED) is 0.860. The van der Waals surface area contributed by atoms with Crippen molar-refractivity contribution in [3.63, 3.8) is 0 Å². The van der Waals surface area contributed by atoms with E-state index in [1.165, 1.54) is 0 Å². The van der Waals surface area contributed by atoms with Gasteiger partial charge in [-0.15, -0.1) is 0 Å². The van der Waals surface area contributed by atoms with Crippen molar-refractivity contribution >= 4 is 11.9 Å². The van der Waals surface area contributed by atoms with Crippen LogP contribution in [-0.4, -0.2) is 29.2 Å². The van der Waals surface area contributed by atoms with Crippen molar-refractivity contribution in [2.45, 2.75) is 25.1 Å². The van der Waals surface area contributed by atoms with Crippen LogP contribution < -0.4 is 5.32 Å². The summed E-state index contributed by atoms with van der Waals surface area (Å²) in [6.45, 7) is 0. The van der Waals surface area contributed by atoms with Gasteiger partial charge >= 0.3 is 12.1 Å². The molecule has 1 amide bonds. The minimum atomic E-state index is -4.79. The molecule has 0 saturated carbocycles. The number of amides is 1. The van der Waals surface area contributed by atoms with Crippen LogP contribution in [0.2, 0.25) is 0 Å². The highest BCUT2D eigenvalue weighted by Gasteiger charge is 2.41. The van der Waals surface area contributed by atoms with Gasteiger partial charge in [-0.25, -0.2) is 0 Å². The topological polar surface area (TPSA) is 66.4 Å². The lowest BCUT2D eigenvalue weighted by Crippen LogP contribution is -2.47. The molecule has 0 fully saturated rings. The van der Waals surface area contributed by atoms with Gasteiger partial charge < -0.3 is 10.4 Å². The van der Waals surface area contributed by atoms with Gasteiger partial charge in [0.15, 0.2) is 0 Å². The highest BCUT2D eigenvalue weighted by Crippen LogP contribution is 2.22. The summed E-state index contributed by atoms with van der Waals surface area (Å²) in [5, 5.41) is 10.1. The van der Waals surface area contributed by atoms with Gasteiger partial charge in [-0.05, 0) is 5.56 Å². The summed E-state index contributed by atoms with van der Waals surface area (Å²) in [6.07, 6.45) is -6.21. The van der Waals surface area contributed by atoms with Crippen molar-refractivity contribution in [2.24, 2.45) is 0 Å². The predicted molar refractivity (Wildman–Crippen MR) is 60.4 cm³/mol. The first-order chi connectivity index (χ1) is 8.79. The van der Waals surface area contributed by atoms with Crippen LogP contribution in [0, 0.1) is 0 Å². The maximum absolute atomic E-state index is 12.5. The zero-order valence-corrected chi connectivity index (χ0v) is 9.78. The second-order valence-corrected chi connectivity index (χ2v) is 3.92. The number of carboxylic acids is 1. The van der Waals surface area contributed by atoms with Crippen molar-refractivity contribution in [2.75, 3.05) is 0 Å². The molecule has 0 aliphatic carbocycles. The molecular weight excluding hydrogens is 263 g/mol. The molecule has 0 unspecified atom stereocenters. The van der Waals surface area contributed by atoms with Crippen LogP contribution in [0.5, 0.6) is 0 Å². The normalized spacial score (nSPS) is 12.8. The lowest BCUT2D eigenvalue weighted by molar-refractivity contribution is -0.170. The summed E-state index contributed by atoms with van der Waals surface area (Å²) >= 11 is 0. The molecule has 1 aromatic rings. The lowest BCUT2D eigenvalue weighted by atomic mass is 10.1. The van der Waals surface area contributed by atoms with Gasteiger partial charge in [0, 0.05) is 0 Å². The van der Waals surface area contributed by atoms with E-state index in [0.717, 1.165) is 0 Å². The van der Waals surface area contributed by atoms with Gasteiger partial charge in [-0.1, -0.05) is 30.3 Å². The molecule has 0 aliphatic heterocycles. The number of benzene rings is 1. The molecule has 0 spiro atoms. The molecule has 7 heteroatoms. The number of aliphatic carboxylic acids is 1. The summed E-state index contributed by atoms with van der Waals surface area (Å²) in [6, 6.07) is 5.84. The van der Waals surface area contributed by atoms with E-state index < -0.39 is 30.5 Å². The Labute approximate surface area is 107 Å². The second-order valence-electron chi connectivity index (χ2n) is 3.92. The molecule has 1 rings (SSSR count). The van der Waals surface area contributed by atoms with Gasteiger partial charge in [0.2, 0.25) is 5.91 Å². The highest BCUT2D eigenvalue weighted by molar-refractivity contribution is 5.79. The Hall–Kier alpha value is -2.05. The number of rotatable bonds is 5. The SMILES string of the molecule is O=C(O)C[C@H](NC(=O)Cc1ccccc1)C(F)(F)F. The third kappa shape index (κ3) is 5.41. The molecule has 0 aliphatic rings. The summed E-state index contributed by atoms with van der Waals surface area (Å²) in [4.78, 5) is 21.8. The molecule has 104 valence electrons. The van der Waals surface area contributed by atoms with Crippen molar-refractivity contribution in [3.8, 4) is 0 Å². The predicted octanol–water partition coefficient (Wildman–Crippen LogP) is 1.75. The monoisotopic (exact) mass is 275 g/mol. The zero-order chi connectivity index (χ0) is 14.5. The van der Waals surface area contributed by atoms with Crippen molar-refractivity contribution in [3.05, 3.63) is 35.9 Å². The van der Waals surface area contributed by atoms with E-state index >= 15 is 0 Å². The zero-order valence-electron chi connectivity index (χ0n) is 9.78. The summed E-state index contributed by atoms with van der Waals surface area (Å²) in [5.74, 6) is -2.49. The highest BCUT2D eigenvalue weighted by atomic mass is 19.4. The Bertz CT molecular complexity index is 445. The maximum Gasteiger partial charge on any atom is 0.409 e.